The number of carboxylic acid groups (broad SMARTS) is 1. The summed E-state index contributed by atoms with van der Waals surface area (Å²) in [4.78, 5) is 41.8. The number of anilines is 1. The smallest absolute Gasteiger partial charge is 0.326 e. The third-order valence-corrected chi connectivity index (χ3v) is 9.49. The summed E-state index contributed by atoms with van der Waals surface area (Å²) in [6, 6.07) is 8.43. The molecule has 222 valence electrons. The van der Waals surface area contributed by atoms with Crippen LogP contribution in [0, 0.1) is 8.99 Å². The van der Waals surface area contributed by atoms with Crippen molar-refractivity contribution in [2.45, 2.75) is 57.7 Å². The van der Waals surface area contributed by atoms with Crippen LogP contribution in [-0.4, -0.2) is 81.7 Å². The predicted octanol–water partition coefficient (Wildman–Crippen LogP) is 4.65. The molecule has 1 saturated heterocycles. The Morgan fingerprint density at radius 1 is 1.14 bits per heavy atom. The van der Waals surface area contributed by atoms with Gasteiger partial charge in [-0.1, -0.05) is 25.0 Å². The number of aliphatic carboxylic acids is 1. The lowest BCUT2D eigenvalue weighted by atomic mass is 10.0. The van der Waals surface area contributed by atoms with Gasteiger partial charge in [-0.3, -0.25) is 4.79 Å². The Bertz CT molecular complexity index is 1540. The van der Waals surface area contributed by atoms with E-state index in [2.05, 4.69) is 41.6 Å². The highest BCUT2D eigenvalue weighted by molar-refractivity contribution is 14.1. The summed E-state index contributed by atoms with van der Waals surface area (Å²) in [5.41, 5.74) is 1.94. The summed E-state index contributed by atoms with van der Waals surface area (Å²) in [7, 11) is 4.11. The summed E-state index contributed by atoms with van der Waals surface area (Å²) in [5.74, 6) is -0.518. The number of halogens is 1. The number of ether oxygens (including phenoxy) is 1. The Labute approximate surface area is 258 Å². The lowest BCUT2D eigenvalue weighted by molar-refractivity contribution is -0.138. The first-order chi connectivity index (χ1) is 20.1. The molecule has 2 fully saturated rings. The van der Waals surface area contributed by atoms with Crippen LogP contribution in [0.2, 0.25) is 0 Å². The number of carbonyl (C=O) groups excluding carboxylic acids is 1. The van der Waals surface area contributed by atoms with Gasteiger partial charge in [-0.2, -0.15) is 9.97 Å². The van der Waals surface area contributed by atoms with E-state index < -0.39 is 12.0 Å². The average Bonchev–Trinajstić information content (AvgIpc) is 3.63. The number of fused-ring (bicyclic) bond motifs is 2. The van der Waals surface area contributed by atoms with Crippen molar-refractivity contribution in [2.24, 2.45) is 5.41 Å². The number of carboxylic acids is 1. The molecule has 2 N–H and O–H groups in total. The maximum atomic E-state index is 14.0. The Morgan fingerprint density at radius 3 is 2.69 bits per heavy atom. The molecule has 1 aliphatic carbocycles. The number of hydrogen-bond acceptors (Lipinski definition) is 8. The molecule has 1 aromatic heterocycles. The molecule has 3 aromatic rings. The number of carbonyl (C=O) groups is 2. The lowest BCUT2D eigenvalue weighted by Gasteiger charge is -2.30. The minimum atomic E-state index is -0.874. The van der Waals surface area contributed by atoms with E-state index in [1.807, 2.05) is 23.1 Å². The van der Waals surface area contributed by atoms with E-state index in [1.54, 1.807) is 11.0 Å². The van der Waals surface area contributed by atoms with Crippen LogP contribution in [-0.2, 0) is 17.9 Å². The van der Waals surface area contributed by atoms with Crippen molar-refractivity contribution in [3.8, 4) is 11.8 Å². The normalized spacial score (nSPS) is 19.6. The van der Waals surface area contributed by atoms with Crippen molar-refractivity contribution < 1.29 is 24.5 Å². The zero-order valence-electron chi connectivity index (χ0n) is 24.0. The Balaban J connectivity index is 1.36. The molecule has 0 radical (unpaired) electrons. The quantitative estimate of drug-likeness (QED) is 0.327. The highest BCUT2D eigenvalue weighted by Crippen LogP contribution is 2.46. The van der Waals surface area contributed by atoms with Crippen molar-refractivity contribution in [3.05, 3.63) is 50.7 Å². The van der Waals surface area contributed by atoms with E-state index in [0.717, 1.165) is 58.6 Å². The molecule has 3 aliphatic rings. The van der Waals surface area contributed by atoms with Crippen LogP contribution in [0.15, 0.2) is 30.3 Å². The van der Waals surface area contributed by atoms with Gasteiger partial charge < -0.3 is 29.6 Å². The van der Waals surface area contributed by atoms with Crippen LogP contribution in [0.4, 0.5) is 5.82 Å². The van der Waals surface area contributed by atoms with Gasteiger partial charge in [0.1, 0.15) is 17.6 Å². The minimum Gasteiger partial charge on any atom is -0.508 e. The van der Waals surface area contributed by atoms with E-state index in [1.165, 1.54) is 6.07 Å². The second-order valence-electron chi connectivity index (χ2n) is 12.2. The van der Waals surface area contributed by atoms with Crippen LogP contribution in [0.5, 0.6) is 11.8 Å². The Morgan fingerprint density at radius 2 is 1.95 bits per heavy atom. The standard InChI is InChI=1S/C31H36IN5O5/c1-35(2)17-31(10-11-31)18-42-30-33-24-16-36(28(39)21-14-20(38)13-19-7-6-8-23(32)26(19)21)15-22(24)27(34-30)37-12-5-3-4-9-25(37)29(40)41/h6-8,13-14,25,38H,3-5,9-12,15-18H2,1-2H3,(H,40,41)/t25-/m0/s1. The highest BCUT2D eigenvalue weighted by atomic mass is 127. The number of phenols is 1. The molecule has 1 atom stereocenters. The number of amides is 1. The van der Waals surface area contributed by atoms with Crippen LogP contribution in [0.25, 0.3) is 10.8 Å². The maximum Gasteiger partial charge on any atom is 0.326 e. The van der Waals surface area contributed by atoms with Gasteiger partial charge in [0.2, 0.25) is 0 Å². The molecule has 0 spiro atoms. The molecule has 1 saturated carbocycles. The summed E-state index contributed by atoms with van der Waals surface area (Å²) < 4.78 is 7.15. The summed E-state index contributed by atoms with van der Waals surface area (Å²) in [6.45, 7) is 2.46. The van der Waals surface area contributed by atoms with Gasteiger partial charge >= 0.3 is 12.0 Å². The Kier molecular flexibility index (Phi) is 7.90. The number of phenolic OH excluding ortho intramolecular Hbond substituents is 1. The SMILES string of the molecule is CN(C)CC1(COc2nc3c(c(N4CCCCC[C@H]4C(=O)O)n2)CN(C(=O)c2cc(O)cc4cccc(I)c24)C3)CC1. The van der Waals surface area contributed by atoms with Gasteiger partial charge in [0.15, 0.2) is 0 Å². The van der Waals surface area contributed by atoms with Crippen LogP contribution < -0.4 is 9.64 Å². The number of rotatable bonds is 8. The first-order valence-electron chi connectivity index (χ1n) is 14.5. The van der Waals surface area contributed by atoms with E-state index in [9.17, 15) is 19.8 Å². The largest absolute Gasteiger partial charge is 0.508 e. The van der Waals surface area contributed by atoms with E-state index in [4.69, 9.17) is 14.7 Å². The third kappa shape index (κ3) is 5.72. The van der Waals surface area contributed by atoms with Crippen LogP contribution >= 0.6 is 22.6 Å². The monoisotopic (exact) mass is 685 g/mol. The molecule has 0 unspecified atom stereocenters. The van der Waals surface area contributed by atoms with Crippen molar-refractivity contribution in [3.63, 3.8) is 0 Å². The number of aromatic nitrogens is 2. The van der Waals surface area contributed by atoms with E-state index in [-0.39, 0.29) is 36.2 Å². The fraction of sp³-hybridized carbons (Fsp3) is 0.484. The molecular weight excluding hydrogens is 649 g/mol. The fourth-order valence-electron chi connectivity index (χ4n) is 6.40. The van der Waals surface area contributed by atoms with Crippen molar-refractivity contribution in [1.82, 2.24) is 19.8 Å². The number of benzene rings is 2. The van der Waals surface area contributed by atoms with Crippen LogP contribution in [0.3, 0.4) is 0 Å². The highest BCUT2D eigenvalue weighted by Gasteiger charge is 2.44. The molecule has 11 heteroatoms. The lowest BCUT2D eigenvalue weighted by Crippen LogP contribution is -2.42. The van der Waals surface area contributed by atoms with Crippen molar-refractivity contribution in [1.29, 1.82) is 0 Å². The van der Waals surface area contributed by atoms with E-state index in [0.29, 0.717) is 36.6 Å². The van der Waals surface area contributed by atoms with Gasteiger partial charge in [0, 0.05) is 33.0 Å². The van der Waals surface area contributed by atoms with Crippen LogP contribution in [0.1, 0.15) is 60.1 Å². The molecule has 2 aromatic carbocycles. The molecule has 2 aliphatic heterocycles. The predicted molar refractivity (Wildman–Crippen MR) is 167 cm³/mol. The van der Waals surface area contributed by atoms with Gasteiger partial charge in [-0.05, 0) is 86.0 Å². The second kappa shape index (κ2) is 11.5. The number of hydrogen-bond donors (Lipinski definition) is 2. The number of aromatic hydroxyl groups is 1. The van der Waals surface area contributed by atoms with Gasteiger partial charge in [-0.15, -0.1) is 0 Å². The van der Waals surface area contributed by atoms with Crippen molar-refractivity contribution in [2.75, 3.05) is 38.7 Å². The average molecular weight is 686 g/mol. The van der Waals surface area contributed by atoms with Gasteiger partial charge in [0.05, 0.1) is 31.0 Å². The molecule has 1 amide bonds. The molecule has 6 rings (SSSR count). The van der Waals surface area contributed by atoms with Gasteiger partial charge in [-0.25, -0.2) is 4.79 Å². The zero-order chi connectivity index (χ0) is 29.6. The Hall–Kier alpha value is -3.19. The number of nitrogens with zero attached hydrogens (tertiary/aromatic N) is 5. The summed E-state index contributed by atoms with van der Waals surface area (Å²) in [6.07, 6.45) is 5.35. The summed E-state index contributed by atoms with van der Waals surface area (Å²) >= 11 is 2.21. The summed E-state index contributed by atoms with van der Waals surface area (Å²) in [5, 5.41) is 22.2. The molecule has 0 bridgehead atoms. The molecule has 42 heavy (non-hydrogen) atoms. The zero-order valence-corrected chi connectivity index (χ0v) is 26.1. The maximum absolute atomic E-state index is 14.0. The molecular formula is C31H36IN5O5. The third-order valence-electron chi connectivity index (χ3n) is 8.59. The van der Waals surface area contributed by atoms with Crippen molar-refractivity contribution >= 4 is 51.1 Å². The van der Waals surface area contributed by atoms with E-state index >= 15 is 0 Å². The second-order valence-corrected chi connectivity index (χ2v) is 13.3. The molecule has 3 heterocycles. The first kappa shape index (κ1) is 28.9. The molecule has 10 nitrogen and oxygen atoms in total. The minimum absolute atomic E-state index is 0.0290. The topological polar surface area (TPSA) is 119 Å². The fourth-order valence-corrected chi connectivity index (χ4v) is 7.21. The van der Waals surface area contributed by atoms with Gasteiger partial charge in [0.25, 0.3) is 5.91 Å². The first-order valence-corrected chi connectivity index (χ1v) is 15.6.